The predicted octanol–water partition coefficient (Wildman–Crippen LogP) is 4.07. The van der Waals surface area contributed by atoms with Gasteiger partial charge in [-0.15, -0.1) is 0 Å². The SMILES string of the molecule is O=C(Nc1cccc(CO)c1)C1CC1c1cccc2ccccc12. The second-order valence-corrected chi connectivity index (χ2v) is 6.36. The summed E-state index contributed by atoms with van der Waals surface area (Å²) >= 11 is 0. The highest BCUT2D eigenvalue weighted by Gasteiger charge is 2.44. The van der Waals surface area contributed by atoms with E-state index in [0.717, 1.165) is 17.7 Å². The Morgan fingerprint density at radius 3 is 2.71 bits per heavy atom. The third kappa shape index (κ3) is 2.79. The predicted molar refractivity (Wildman–Crippen MR) is 95.8 cm³/mol. The Labute approximate surface area is 140 Å². The molecule has 0 spiro atoms. The number of hydrogen-bond acceptors (Lipinski definition) is 2. The molecule has 3 aromatic carbocycles. The molecule has 3 heteroatoms. The molecule has 2 N–H and O–H groups in total. The van der Waals surface area contributed by atoms with Crippen molar-refractivity contribution >= 4 is 22.4 Å². The topological polar surface area (TPSA) is 49.3 Å². The molecule has 0 saturated heterocycles. The van der Waals surface area contributed by atoms with Gasteiger partial charge in [-0.2, -0.15) is 0 Å². The van der Waals surface area contributed by atoms with Crippen molar-refractivity contribution in [1.29, 1.82) is 0 Å². The fourth-order valence-electron chi connectivity index (χ4n) is 3.38. The maximum atomic E-state index is 12.5. The molecular formula is C21H19NO2. The summed E-state index contributed by atoms with van der Waals surface area (Å²) < 4.78 is 0. The van der Waals surface area contributed by atoms with Crippen molar-refractivity contribution in [2.45, 2.75) is 18.9 Å². The highest BCUT2D eigenvalue weighted by Crippen LogP contribution is 2.49. The number of carbonyl (C=O) groups is 1. The fourth-order valence-corrected chi connectivity index (χ4v) is 3.38. The van der Waals surface area contributed by atoms with Gasteiger partial charge in [0.05, 0.1) is 6.61 Å². The molecule has 1 saturated carbocycles. The van der Waals surface area contributed by atoms with Gasteiger partial charge in [0.15, 0.2) is 0 Å². The lowest BCUT2D eigenvalue weighted by molar-refractivity contribution is -0.117. The number of hydrogen-bond donors (Lipinski definition) is 2. The molecule has 1 fully saturated rings. The number of aliphatic hydroxyl groups excluding tert-OH is 1. The van der Waals surface area contributed by atoms with Crippen LogP contribution in [0.15, 0.2) is 66.7 Å². The molecule has 3 aromatic rings. The van der Waals surface area contributed by atoms with Crippen LogP contribution in [0.5, 0.6) is 0 Å². The van der Waals surface area contributed by atoms with Gasteiger partial charge in [-0.25, -0.2) is 0 Å². The van der Waals surface area contributed by atoms with Crippen LogP contribution < -0.4 is 5.32 Å². The monoisotopic (exact) mass is 317 g/mol. The zero-order valence-electron chi connectivity index (χ0n) is 13.3. The summed E-state index contributed by atoms with van der Waals surface area (Å²) in [4.78, 5) is 12.5. The third-order valence-electron chi connectivity index (χ3n) is 4.73. The standard InChI is InChI=1S/C21H19NO2/c23-13-14-5-3-8-16(11-14)22-21(24)20-12-19(20)18-10-4-7-15-6-1-2-9-17(15)18/h1-11,19-20,23H,12-13H2,(H,22,24). The van der Waals surface area contributed by atoms with Gasteiger partial charge in [-0.3, -0.25) is 4.79 Å². The molecule has 3 nitrogen and oxygen atoms in total. The van der Waals surface area contributed by atoms with Crippen LogP contribution >= 0.6 is 0 Å². The highest BCUT2D eigenvalue weighted by molar-refractivity contribution is 5.96. The van der Waals surface area contributed by atoms with E-state index in [1.54, 1.807) is 0 Å². The van der Waals surface area contributed by atoms with Crippen molar-refractivity contribution in [3.63, 3.8) is 0 Å². The van der Waals surface area contributed by atoms with Gasteiger partial charge in [-0.05, 0) is 46.4 Å². The minimum Gasteiger partial charge on any atom is -0.392 e. The summed E-state index contributed by atoms with van der Waals surface area (Å²) in [5.74, 6) is 0.369. The minimum atomic E-state index is -0.0221. The Morgan fingerprint density at radius 1 is 1.04 bits per heavy atom. The van der Waals surface area contributed by atoms with E-state index in [1.165, 1.54) is 16.3 Å². The summed E-state index contributed by atoms with van der Waals surface area (Å²) in [6.07, 6.45) is 0.888. The number of carbonyl (C=O) groups excluding carboxylic acids is 1. The van der Waals surface area contributed by atoms with Crippen molar-refractivity contribution in [3.05, 3.63) is 77.9 Å². The van der Waals surface area contributed by atoms with Gasteiger partial charge in [-0.1, -0.05) is 54.6 Å². The van der Waals surface area contributed by atoms with Gasteiger partial charge in [0, 0.05) is 11.6 Å². The first-order valence-electron chi connectivity index (χ1n) is 8.24. The van der Waals surface area contributed by atoms with E-state index in [0.29, 0.717) is 0 Å². The van der Waals surface area contributed by atoms with Crippen molar-refractivity contribution in [2.75, 3.05) is 5.32 Å². The van der Waals surface area contributed by atoms with Crippen LogP contribution in [0, 0.1) is 5.92 Å². The third-order valence-corrected chi connectivity index (χ3v) is 4.73. The first-order valence-corrected chi connectivity index (χ1v) is 8.24. The molecule has 0 heterocycles. The summed E-state index contributed by atoms with van der Waals surface area (Å²) in [5, 5.41) is 14.6. The second-order valence-electron chi connectivity index (χ2n) is 6.36. The number of aliphatic hydroxyl groups is 1. The van der Waals surface area contributed by atoms with E-state index in [-0.39, 0.29) is 24.3 Å². The van der Waals surface area contributed by atoms with Crippen LogP contribution in [0.4, 0.5) is 5.69 Å². The minimum absolute atomic E-state index is 0.0218. The van der Waals surface area contributed by atoms with Crippen molar-refractivity contribution < 1.29 is 9.90 Å². The van der Waals surface area contributed by atoms with E-state index >= 15 is 0 Å². The van der Waals surface area contributed by atoms with Crippen LogP contribution in [0.3, 0.4) is 0 Å². The van der Waals surface area contributed by atoms with E-state index < -0.39 is 0 Å². The number of benzene rings is 3. The summed E-state index contributed by atoms with van der Waals surface area (Å²) in [5.41, 5.74) is 2.81. The molecule has 0 aliphatic heterocycles. The van der Waals surface area contributed by atoms with E-state index in [9.17, 15) is 9.90 Å². The molecule has 1 amide bonds. The lowest BCUT2D eigenvalue weighted by atomic mass is 10.00. The van der Waals surface area contributed by atoms with Gasteiger partial charge < -0.3 is 10.4 Å². The average molecular weight is 317 g/mol. The Bertz CT molecular complexity index is 898. The van der Waals surface area contributed by atoms with Crippen LogP contribution in [0.2, 0.25) is 0 Å². The molecule has 0 aromatic heterocycles. The maximum absolute atomic E-state index is 12.5. The second kappa shape index (κ2) is 6.10. The Hall–Kier alpha value is -2.65. The first-order chi connectivity index (χ1) is 11.8. The smallest absolute Gasteiger partial charge is 0.228 e. The summed E-state index contributed by atoms with van der Waals surface area (Å²) in [7, 11) is 0. The zero-order chi connectivity index (χ0) is 16.5. The van der Waals surface area contributed by atoms with Crippen molar-refractivity contribution in [1.82, 2.24) is 0 Å². The summed E-state index contributed by atoms with van der Waals surface area (Å²) in [6, 6.07) is 22.0. The number of fused-ring (bicyclic) bond motifs is 1. The van der Waals surface area contributed by atoms with E-state index in [4.69, 9.17) is 0 Å². The Kier molecular flexibility index (Phi) is 3.79. The molecule has 24 heavy (non-hydrogen) atoms. The quantitative estimate of drug-likeness (QED) is 0.762. The van der Waals surface area contributed by atoms with Gasteiger partial charge in [0.25, 0.3) is 0 Å². The molecule has 2 atom stereocenters. The van der Waals surface area contributed by atoms with E-state index in [2.05, 4.69) is 35.6 Å². The lowest BCUT2D eigenvalue weighted by Gasteiger charge is -2.08. The van der Waals surface area contributed by atoms with Crippen LogP contribution in [-0.4, -0.2) is 11.0 Å². The van der Waals surface area contributed by atoms with Crippen LogP contribution in [0.25, 0.3) is 10.8 Å². The molecule has 120 valence electrons. The van der Waals surface area contributed by atoms with Crippen LogP contribution in [-0.2, 0) is 11.4 Å². The lowest BCUT2D eigenvalue weighted by Crippen LogP contribution is -2.14. The fraction of sp³-hybridized carbons (Fsp3) is 0.190. The van der Waals surface area contributed by atoms with Gasteiger partial charge >= 0.3 is 0 Å². The largest absolute Gasteiger partial charge is 0.392 e. The van der Waals surface area contributed by atoms with E-state index in [1.807, 2.05) is 36.4 Å². The first kappa shape index (κ1) is 14.9. The molecule has 1 aliphatic carbocycles. The molecule has 1 aliphatic rings. The Balaban J connectivity index is 1.52. The Morgan fingerprint density at radius 2 is 1.83 bits per heavy atom. The summed E-state index contributed by atoms with van der Waals surface area (Å²) in [6.45, 7) is -0.0221. The normalized spacial score (nSPS) is 19.2. The molecule has 0 radical (unpaired) electrons. The molecule has 4 rings (SSSR count). The number of anilines is 1. The molecule has 2 unspecified atom stereocenters. The van der Waals surface area contributed by atoms with Crippen molar-refractivity contribution in [3.8, 4) is 0 Å². The van der Waals surface area contributed by atoms with Gasteiger partial charge in [0.1, 0.15) is 0 Å². The highest BCUT2D eigenvalue weighted by atomic mass is 16.3. The van der Waals surface area contributed by atoms with Gasteiger partial charge in [0.2, 0.25) is 5.91 Å². The maximum Gasteiger partial charge on any atom is 0.228 e. The number of rotatable bonds is 4. The zero-order valence-corrected chi connectivity index (χ0v) is 13.3. The van der Waals surface area contributed by atoms with Crippen molar-refractivity contribution in [2.24, 2.45) is 5.92 Å². The molecule has 0 bridgehead atoms. The average Bonchev–Trinajstić information content (AvgIpc) is 3.42. The van der Waals surface area contributed by atoms with Crippen LogP contribution in [0.1, 0.15) is 23.5 Å². The molecular weight excluding hydrogens is 298 g/mol. The number of amides is 1. The number of nitrogens with one attached hydrogen (secondary N) is 1.